The van der Waals surface area contributed by atoms with Crippen molar-refractivity contribution < 1.29 is 0 Å². The number of unbranched alkanes of at least 4 members (excludes halogenated alkanes) is 2. The van der Waals surface area contributed by atoms with Gasteiger partial charge in [0, 0.05) is 0 Å². The highest BCUT2D eigenvalue weighted by Crippen LogP contribution is 2.21. The SMILES string of the molecule is CCCCN(CC)CCCCC(C)(C)CN. The summed E-state index contributed by atoms with van der Waals surface area (Å²) in [6, 6.07) is 0. The Morgan fingerprint density at radius 3 is 2.12 bits per heavy atom. The predicted molar refractivity (Wildman–Crippen MR) is 73.7 cm³/mol. The molecular weight excluding hydrogens is 196 g/mol. The molecule has 0 aromatic carbocycles. The van der Waals surface area contributed by atoms with Crippen molar-refractivity contribution in [2.24, 2.45) is 11.1 Å². The molecule has 98 valence electrons. The number of nitrogens with two attached hydrogens (primary N) is 1. The Morgan fingerprint density at radius 2 is 1.62 bits per heavy atom. The van der Waals surface area contributed by atoms with Gasteiger partial charge in [0.2, 0.25) is 0 Å². The summed E-state index contributed by atoms with van der Waals surface area (Å²) in [6.07, 6.45) is 6.53. The van der Waals surface area contributed by atoms with Crippen LogP contribution in [0.15, 0.2) is 0 Å². The summed E-state index contributed by atoms with van der Waals surface area (Å²) in [4.78, 5) is 2.57. The van der Waals surface area contributed by atoms with E-state index >= 15 is 0 Å². The fraction of sp³-hybridized carbons (Fsp3) is 1.00. The molecule has 2 N–H and O–H groups in total. The molecule has 0 saturated heterocycles. The zero-order valence-corrected chi connectivity index (χ0v) is 11.9. The maximum atomic E-state index is 5.73. The van der Waals surface area contributed by atoms with Gasteiger partial charge in [0.15, 0.2) is 0 Å². The van der Waals surface area contributed by atoms with Gasteiger partial charge in [0.05, 0.1) is 0 Å². The highest BCUT2D eigenvalue weighted by atomic mass is 15.1. The normalized spacial score (nSPS) is 12.4. The Bertz CT molecular complexity index is 155. The van der Waals surface area contributed by atoms with Crippen molar-refractivity contribution in [2.45, 2.75) is 59.8 Å². The second-order valence-corrected chi connectivity index (χ2v) is 5.61. The molecule has 0 rings (SSSR count). The first-order valence-electron chi connectivity index (χ1n) is 6.98. The van der Waals surface area contributed by atoms with Crippen molar-refractivity contribution in [3.8, 4) is 0 Å². The van der Waals surface area contributed by atoms with Gasteiger partial charge < -0.3 is 10.6 Å². The summed E-state index contributed by atoms with van der Waals surface area (Å²) >= 11 is 0. The van der Waals surface area contributed by atoms with Crippen LogP contribution in [-0.2, 0) is 0 Å². The van der Waals surface area contributed by atoms with Crippen molar-refractivity contribution >= 4 is 0 Å². The molecular formula is C14H32N2. The van der Waals surface area contributed by atoms with E-state index in [9.17, 15) is 0 Å². The molecule has 2 heteroatoms. The van der Waals surface area contributed by atoms with Crippen molar-refractivity contribution in [1.29, 1.82) is 0 Å². The second kappa shape index (κ2) is 9.00. The summed E-state index contributed by atoms with van der Waals surface area (Å²) in [5.41, 5.74) is 6.06. The van der Waals surface area contributed by atoms with E-state index in [0.29, 0.717) is 5.41 Å². The summed E-state index contributed by atoms with van der Waals surface area (Å²) in [5, 5.41) is 0. The average Bonchev–Trinajstić information content (AvgIpc) is 2.28. The van der Waals surface area contributed by atoms with Crippen LogP contribution in [0.5, 0.6) is 0 Å². The highest BCUT2D eigenvalue weighted by Gasteiger charge is 2.14. The predicted octanol–water partition coefficient (Wildman–Crippen LogP) is 3.26. The third-order valence-corrected chi connectivity index (χ3v) is 3.41. The Balaban J connectivity index is 3.55. The summed E-state index contributed by atoms with van der Waals surface area (Å²) in [7, 11) is 0. The molecule has 16 heavy (non-hydrogen) atoms. The molecule has 0 saturated carbocycles. The smallest absolute Gasteiger partial charge is 0.00189 e. The fourth-order valence-electron chi connectivity index (χ4n) is 1.85. The van der Waals surface area contributed by atoms with Gasteiger partial charge in [-0.1, -0.05) is 40.5 Å². The third kappa shape index (κ3) is 8.12. The lowest BCUT2D eigenvalue weighted by Crippen LogP contribution is -2.27. The van der Waals surface area contributed by atoms with E-state index in [-0.39, 0.29) is 0 Å². The Kier molecular flexibility index (Phi) is 8.96. The van der Waals surface area contributed by atoms with Gasteiger partial charge in [0.1, 0.15) is 0 Å². The van der Waals surface area contributed by atoms with Crippen molar-refractivity contribution in [1.82, 2.24) is 4.90 Å². The van der Waals surface area contributed by atoms with Crippen LogP contribution in [0.1, 0.15) is 59.8 Å². The van der Waals surface area contributed by atoms with E-state index in [2.05, 4.69) is 32.6 Å². The first kappa shape index (κ1) is 15.9. The van der Waals surface area contributed by atoms with Crippen LogP contribution in [0, 0.1) is 5.41 Å². The number of nitrogens with zero attached hydrogens (tertiary/aromatic N) is 1. The van der Waals surface area contributed by atoms with Crippen LogP contribution < -0.4 is 5.73 Å². The largest absolute Gasteiger partial charge is 0.330 e. The maximum absolute atomic E-state index is 5.73. The van der Waals surface area contributed by atoms with E-state index < -0.39 is 0 Å². The third-order valence-electron chi connectivity index (χ3n) is 3.41. The van der Waals surface area contributed by atoms with Crippen molar-refractivity contribution in [3.63, 3.8) is 0 Å². The number of rotatable bonds is 10. The Labute approximate surface area is 103 Å². The molecule has 0 heterocycles. The number of hydrogen-bond acceptors (Lipinski definition) is 2. The van der Waals surface area contributed by atoms with E-state index in [1.165, 1.54) is 51.7 Å². The molecule has 0 bridgehead atoms. The minimum atomic E-state index is 0.334. The molecule has 0 aliphatic rings. The van der Waals surface area contributed by atoms with Gasteiger partial charge in [0.25, 0.3) is 0 Å². The number of hydrogen-bond donors (Lipinski definition) is 1. The van der Waals surface area contributed by atoms with Crippen molar-refractivity contribution in [2.75, 3.05) is 26.2 Å². The molecule has 0 amide bonds. The molecule has 0 aliphatic heterocycles. The topological polar surface area (TPSA) is 29.3 Å². The Morgan fingerprint density at radius 1 is 1.00 bits per heavy atom. The van der Waals surface area contributed by atoms with Gasteiger partial charge >= 0.3 is 0 Å². The van der Waals surface area contributed by atoms with E-state index in [1.54, 1.807) is 0 Å². The molecule has 2 nitrogen and oxygen atoms in total. The maximum Gasteiger partial charge on any atom is -0.00189 e. The fourth-order valence-corrected chi connectivity index (χ4v) is 1.85. The zero-order chi connectivity index (χ0) is 12.4. The highest BCUT2D eigenvalue weighted by molar-refractivity contribution is 4.69. The van der Waals surface area contributed by atoms with Crippen LogP contribution in [0.25, 0.3) is 0 Å². The van der Waals surface area contributed by atoms with Crippen LogP contribution in [0.3, 0.4) is 0 Å². The van der Waals surface area contributed by atoms with Gasteiger partial charge in [-0.15, -0.1) is 0 Å². The summed E-state index contributed by atoms with van der Waals surface area (Å²) in [5.74, 6) is 0. The quantitative estimate of drug-likeness (QED) is 0.582. The lowest BCUT2D eigenvalue weighted by atomic mass is 9.87. The van der Waals surface area contributed by atoms with Crippen molar-refractivity contribution in [3.05, 3.63) is 0 Å². The van der Waals surface area contributed by atoms with Crippen LogP contribution in [0.2, 0.25) is 0 Å². The molecule has 0 aromatic heterocycles. The van der Waals surface area contributed by atoms with E-state index in [1.807, 2.05) is 0 Å². The lowest BCUT2D eigenvalue weighted by molar-refractivity contribution is 0.262. The van der Waals surface area contributed by atoms with Crippen LogP contribution in [0.4, 0.5) is 0 Å². The van der Waals surface area contributed by atoms with Crippen LogP contribution >= 0.6 is 0 Å². The first-order chi connectivity index (χ1) is 7.55. The van der Waals surface area contributed by atoms with Gasteiger partial charge in [-0.3, -0.25) is 0 Å². The minimum absolute atomic E-state index is 0.334. The molecule has 0 unspecified atom stereocenters. The summed E-state index contributed by atoms with van der Waals surface area (Å²) < 4.78 is 0. The summed E-state index contributed by atoms with van der Waals surface area (Å²) in [6.45, 7) is 13.6. The molecule has 0 atom stereocenters. The molecule has 0 aromatic rings. The molecule has 0 aliphatic carbocycles. The van der Waals surface area contributed by atoms with Gasteiger partial charge in [-0.25, -0.2) is 0 Å². The Hall–Kier alpha value is -0.0800. The van der Waals surface area contributed by atoms with Gasteiger partial charge in [-0.2, -0.15) is 0 Å². The minimum Gasteiger partial charge on any atom is -0.330 e. The molecule has 0 radical (unpaired) electrons. The first-order valence-corrected chi connectivity index (χ1v) is 6.98. The molecule has 0 spiro atoms. The standard InChI is InChI=1S/C14H32N2/c1-5-7-11-16(6-2)12-9-8-10-14(3,4)13-15/h5-13,15H2,1-4H3. The average molecular weight is 228 g/mol. The molecule has 0 fully saturated rings. The van der Waals surface area contributed by atoms with Gasteiger partial charge in [-0.05, 0) is 50.9 Å². The van der Waals surface area contributed by atoms with E-state index in [4.69, 9.17) is 5.73 Å². The second-order valence-electron chi connectivity index (χ2n) is 5.61. The van der Waals surface area contributed by atoms with E-state index in [0.717, 1.165) is 6.54 Å². The lowest BCUT2D eigenvalue weighted by Gasteiger charge is -2.24. The zero-order valence-electron chi connectivity index (χ0n) is 11.9. The monoisotopic (exact) mass is 228 g/mol. The van der Waals surface area contributed by atoms with Crippen LogP contribution in [-0.4, -0.2) is 31.1 Å².